The topological polar surface area (TPSA) is 76.7 Å². The second-order valence-electron chi connectivity index (χ2n) is 5.41. The van der Waals surface area contributed by atoms with Gasteiger partial charge in [-0.3, -0.25) is 4.79 Å². The highest BCUT2D eigenvalue weighted by Gasteiger charge is 2.11. The van der Waals surface area contributed by atoms with E-state index in [1.165, 1.54) is 7.11 Å². The number of hydrogen-bond donors (Lipinski definition) is 1. The minimum absolute atomic E-state index is 0.00147. The second-order valence-corrected chi connectivity index (χ2v) is 5.41. The van der Waals surface area contributed by atoms with Gasteiger partial charge in [-0.15, -0.1) is 0 Å². The third-order valence-electron chi connectivity index (χ3n) is 3.84. The predicted molar refractivity (Wildman–Crippen MR) is 90.4 cm³/mol. The fraction of sp³-hybridized carbons (Fsp3) is 0.158. The van der Waals surface area contributed by atoms with Gasteiger partial charge in [0.05, 0.1) is 12.5 Å². The van der Waals surface area contributed by atoms with Gasteiger partial charge in [0.1, 0.15) is 11.5 Å². The number of aryl methyl sites for hydroxylation is 1. The monoisotopic (exact) mass is 324 g/mol. The molecule has 0 spiro atoms. The molecule has 5 nitrogen and oxygen atoms in total. The number of rotatable bonds is 5. The van der Waals surface area contributed by atoms with E-state index in [0.29, 0.717) is 28.9 Å². The van der Waals surface area contributed by atoms with Crippen LogP contribution < -0.4 is 10.4 Å². The molecule has 122 valence electrons. The number of ether oxygens (including phenoxy) is 1. The molecule has 0 fully saturated rings. The zero-order valence-corrected chi connectivity index (χ0v) is 13.1. The first-order valence-electron chi connectivity index (χ1n) is 7.50. The summed E-state index contributed by atoms with van der Waals surface area (Å²) in [5.41, 5.74) is 1.07. The Morgan fingerprint density at radius 1 is 1.17 bits per heavy atom. The summed E-state index contributed by atoms with van der Waals surface area (Å²) in [6.45, 7) is 0. The number of carboxylic acid groups (broad SMARTS) is 1. The Hall–Kier alpha value is -3.08. The maximum atomic E-state index is 12.1. The number of benzene rings is 2. The molecule has 0 radical (unpaired) electrons. The molecular weight excluding hydrogens is 308 g/mol. The molecule has 3 rings (SSSR count). The number of carbonyl (C=O) groups is 1. The van der Waals surface area contributed by atoms with Crippen LogP contribution in [-0.2, 0) is 11.2 Å². The van der Waals surface area contributed by atoms with E-state index >= 15 is 0 Å². The van der Waals surface area contributed by atoms with Gasteiger partial charge in [-0.1, -0.05) is 18.2 Å². The van der Waals surface area contributed by atoms with Crippen LogP contribution in [0.3, 0.4) is 0 Å². The molecule has 1 N–H and O–H groups in total. The number of carboxylic acids is 1. The van der Waals surface area contributed by atoms with Gasteiger partial charge in [0, 0.05) is 12.0 Å². The smallest absolute Gasteiger partial charge is 0.344 e. The lowest BCUT2D eigenvalue weighted by Gasteiger charge is -2.10. The van der Waals surface area contributed by atoms with E-state index in [-0.39, 0.29) is 6.42 Å². The normalized spacial score (nSPS) is 10.7. The Morgan fingerprint density at radius 3 is 2.71 bits per heavy atom. The highest BCUT2D eigenvalue weighted by molar-refractivity contribution is 5.84. The minimum atomic E-state index is -0.875. The van der Waals surface area contributed by atoms with Crippen LogP contribution in [0.15, 0.2) is 57.7 Å². The molecule has 0 aliphatic rings. The summed E-state index contributed by atoms with van der Waals surface area (Å²) in [5, 5.41) is 10.2. The van der Waals surface area contributed by atoms with Crippen LogP contribution >= 0.6 is 0 Å². The van der Waals surface area contributed by atoms with Crippen molar-refractivity contribution in [1.82, 2.24) is 0 Å². The molecule has 2 aromatic carbocycles. The van der Waals surface area contributed by atoms with Crippen LogP contribution in [0.2, 0.25) is 0 Å². The molecule has 0 saturated heterocycles. The molecule has 0 unspecified atom stereocenters. The fourth-order valence-electron chi connectivity index (χ4n) is 2.65. The number of hydrogen-bond acceptors (Lipinski definition) is 4. The molecule has 0 amide bonds. The van der Waals surface area contributed by atoms with Crippen molar-refractivity contribution in [3.8, 4) is 17.1 Å². The van der Waals surface area contributed by atoms with Crippen molar-refractivity contribution in [2.45, 2.75) is 12.8 Å². The Balaban J connectivity index is 2.07. The SMILES string of the molecule is COc1ccc(-c2cc3ccccc3c(=O)o2)cc1CCC(=O)O. The lowest BCUT2D eigenvalue weighted by Crippen LogP contribution is -2.01. The minimum Gasteiger partial charge on any atom is -0.496 e. The average Bonchev–Trinajstić information content (AvgIpc) is 2.59. The van der Waals surface area contributed by atoms with Crippen molar-refractivity contribution < 1.29 is 19.1 Å². The van der Waals surface area contributed by atoms with Gasteiger partial charge < -0.3 is 14.3 Å². The second kappa shape index (κ2) is 6.58. The highest BCUT2D eigenvalue weighted by atomic mass is 16.5. The molecule has 5 heteroatoms. The van der Waals surface area contributed by atoms with Gasteiger partial charge in [0.2, 0.25) is 0 Å². The first kappa shape index (κ1) is 15.8. The zero-order chi connectivity index (χ0) is 17.1. The molecule has 1 aromatic heterocycles. The number of fused-ring (bicyclic) bond motifs is 1. The molecule has 1 heterocycles. The van der Waals surface area contributed by atoms with Gasteiger partial charge in [-0.05, 0) is 47.7 Å². The summed E-state index contributed by atoms with van der Waals surface area (Å²) in [7, 11) is 1.54. The van der Waals surface area contributed by atoms with E-state index in [9.17, 15) is 9.59 Å². The van der Waals surface area contributed by atoms with E-state index < -0.39 is 11.6 Å². The summed E-state index contributed by atoms with van der Waals surface area (Å²) < 4.78 is 10.7. The Bertz CT molecular complexity index is 955. The summed E-state index contributed by atoms with van der Waals surface area (Å²) in [4.78, 5) is 22.9. The third-order valence-corrected chi connectivity index (χ3v) is 3.84. The van der Waals surface area contributed by atoms with Crippen LogP contribution in [0, 0.1) is 0 Å². The predicted octanol–water partition coefficient (Wildman–Crippen LogP) is 3.49. The van der Waals surface area contributed by atoms with Gasteiger partial charge in [-0.25, -0.2) is 4.79 Å². The first-order valence-corrected chi connectivity index (χ1v) is 7.50. The zero-order valence-electron chi connectivity index (χ0n) is 13.1. The summed E-state index contributed by atoms with van der Waals surface area (Å²) in [6.07, 6.45) is 0.339. The maximum absolute atomic E-state index is 12.1. The van der Waals surface area contributed by atoms with Gasteiger partial charge in [-0.2, -0.15) is 0 Å². The molecule has 0 saturated carbocycles. The lowest BCUT2D eigenvalue weighted by molar-refractivity contribution is -0.136. The van der Waals surface area contributed by atoms with Crippen LogP contribution in [0.1, 0.15) is 12.0 Å². The van der Waals surface area contributed by atoms with Gasteiger partial charge in [0.25, 0.3) is 0 Å². The van der Waals surface area contributed by atoms with Crippen LogP contribution in [0.4, 0.5) is 0 Å². The molecule has 0 aliphatic heterocycles. The van der Waals surface area contributed by atoms with Gasteiger partial charge >= 0.3 is 11.6 Å². The fourth-order valence-corrected chi connectivity index (χ4v) is 2.65. The highest BCUT2D eigenvalue weighted by Crippen LogP contribution is 2.28. The van der Waals surface area contributed by atoms with Crippen molar-refractivity contribution in [2.75, 3.05) is 7.11 Å². The van der Waals surface area contributed by atoms with E-state index in [1.54, 1.807) is 36.4 Å². The van der Waals surface area contributed by atoms with E-state index in [2.05, 4.69) is 0 Å². The lowest BCUT2D eigenvalue weighted by atomic mass is 10.0. The van der Waals surface area contributed by atoms with Crippen molar-refractivity contribution in [3.63, 3.8) is 0 Å². The van der Waals surface area contributed by atoms with E-state index in [1.807, 2.05) is 12.1 Å². The number of methoxy groups -OCH3 is 1. The number of aliphatic carboxylic acids is 1. The van der Waals surface area contributed by atoms with Crippen molar-refractivity contribution >= 4 is 16.7 Å². The molecule has 24 heavy (non-hydrogen) atoms. The quantitative estimate of drug-likeness (QED) is 0.777. The standard InChI is InChI=1S/C19H16O5/c1-23-16-8-6-14(10-13(16)7-9-18(20)21)17-11-12-4-2-3-5-15(12)19(22)24-17/h2-6,8,10-11H,7,9H2,1H3,(H,20,21). The molecule has 0 atom stereocenters. The average molecular weight is 324 g/mol. The first-order chi connectivity index (χ1) is 11.6. The summed E-state index contributed by atoms with van der Waals surface area (Å²) >= 11 is 0. The van der Waals surface area contributed by atoms with Crippen molar-refractivity contribution in [1.29, 1.82) is 0 Å². The van der Waals surface area contributed by atoms with Crippen LogP contribution in [0.25, 0.3) is 22.1 Å². The molecule has 0 aliphatic carbocycles. The van der Waals surface area contributed by atoms with Crippen LogP contribution in [-0.4, -0.2) is 18.2 Å². The maximum Gasteiger partial charge on any atom is 0.344 e. The Labute approximate surface area is 138 Å². The van der Waals surface area contributed by atoms with Crippen molar-refractivity contribution in [2.24, 2.45) is 0 Å². The Morgan fingerprint density at radius 2 is 1.96 bits per heavy atom. The molecular formula is C19H16O5. The van der Waals surface area contributed by atoms with E-state index in [4.69, 9.17) is 14.3 Å². The summed E-state index contributed by atoms with van der Waals surface area (Å²) in [6, 6.07) is 14.4. The van der Waals surface area contributed by atoms with E-state index in [0.717, 1.165) is 10.9 Å². The largest absolute Gasteiger partial charge is 0.496 e. The molecule has 3 aromatic rings. The van der Waals surface area contributed by atoms with Crippen molar-refractivity contribution in [3.05, 3.63) is 64.5 Å². The molecule has 0 bridgehead atoms. The van der Waals surface area contributed by atoms with Gasteiger partial charge in [0.15, 0.2) is 0 Å². The Kier molecular flexibility index (Phi) is 4.33. The summed E-state index contributed by atoms with van der Waals surface area (Å²) in [5.74, 6) is 0.181. The van der Waals surface area contributed by atoms with Crippen LogP contribution in [0.5, 0.6) is 5.75 Å². The third kappa shape index (κ3) is 3.15.